The van der Waals surface area contributed by atoms with Crippen LogP contribution in [0.5, 0.6) is 0 Å². The summed E-state index contributed by atoms with van der Waals surface area (Å²) in [4.78, 5) is 0. The van der Waals surface area contributed by atoms with E-state index in [0.29, 0.717) is 3.57 Å². The number of rotatable bonds is 2. The molecule has 1 aromatic heterocycles. The van der Waals surface area contributed by atoms with Crippen LogP contribution < -0.4 is 0 Å². The lowest BCUT2D eigenvalue weighted by Gasteiger charge is -1.95. The van der Waals surface area contributed by atoms with E-state index < -0.39 is 6.43 Å². The molecule has 0 aliphatic rings. The van der Waals surface area contributed by atoms with Crippen LogP contribution in [0.15, 0.2) is 0 Å². The molecule has 0 spiro atoms. The van der Waals surface area contributed by atoms with Gasteiger partial charge in [0, 0.05) is 7.05 Å². The Balaban J connectivity index is 3.17. The average Bonchev–Trinajstić information content (AvgIpc) is 2.27. The van der Waals surface area contributed by atoms with Crippen molar-refractivity contribution in [1.29, 1.82) is 0 Å². The molecule has 0 saturated heterocycles. The maximum Gasteiger partial charge on any atom is 0.283 e. The molecular formula is C7H9F2IN2. The second kappa shape index (κ2) is 3.68. The van der Waals surface area contributed by atoms with E-state index in [-0.39, 0.29) is 5.69 Å². The van der Waals surface area contributed by atoms with Crippen molar-refractivity contribution in [2.24, 2.45) is 7.05 Å². The van der Waals surface area contributed by atoms with Gasteiger partial charge >= 0.3 is 0 Å². The largest absolute Gasteiger partial charge is 0.283 e. The molecule has 0 saturated carbocycles. The van der Waals surface area contributed by atoms with Crippen LogP contribution in [0.2, 0.25) is 0 Å². The fourth-order valence-electron chi connectivity index (χ4n) is 1.08. The molecule has 5 heteroatoms. The molecule has 68 valence electrons. The molecule has 0 N–H and O–H groups in total. The fraction of sp³-hybridized carbons (Fsp3) is 0.571. The van der Waals surface area contributed by atoms with Crippen molar-refractivity contribution in [3.63, 3.8) is 0 Å². The van der Waals surface area contributed by atoms with Crippen LogP contribution in [0.25, 0.3) is 0 Å². The summed E-state index contributed by atoms with van der Waals surface area (Å²) in [6.07, 6.45) is -1.74. The summed E-state index contributed by atoms with van der Waals surface area (Å²) >= 11 is 1.91. The molecule has 2 nitrogen and oxygen atoms in total. The minimum Gasteiger partial charge on any atom is -0.271 e. The molecular weight excluding hydrogens is 277 g/mol. The third-order valence-electron chi connectivity index (χ3n) is 1.67. The molecule has 0 aliphatic heterocycles. The number of hydrogen-bond acceptors (Lipinski definition) is 1. The normalized spacial score (nSPS) is 11.2. The average molecular weight is 286 g/mol. The van der Waals surface area contributed by atoms with Gasteiger partial charge in [-0.1, -0.05) is 6.92 Å². The quantitative estimate of drug-likeness (QED) is 0.764. The maximum atomic E-state index is 12.3. The van der Waals surface area contributed by atoms with Gasteiger partial charge in [-0.25, -0.2) is 8.78 Å². The summed E-state index contributed by atoms with van der Waals surface area (Å²) in [7, 11) is 1.69. The van der Waals surface area contributed by atoms with Crippen molar-refractivity contribution >= 4 is 22.6 Å². The smallest absolute Gasteiger partial charge is 0.271 e. The highest BCUT2D eigenvalue weighted by Gasteiger charge is 2.19. The number of nitrogens with zero attached hydrogens (tertiary/aromatic N) is 2. The van der Waals surface area contributed by atoms with Crippen molar-refractivity contribution in [1.82, 2.24) is 9.78 Å². The molecule has 0 atom stereocenters. The second-order valence-corrected chi connectivity index (χ2v) is 3.50. The van der Waals surface area contributed by atoms with Crippen LogP contribution in [0.3, 0.4) is 0 Å². The van der Waals surface area contributed by atoms with Gasteiger partial charge in [-0.15, -0.1) is 0 Å². The van der Waals surface area contributed by atoms with Gasteiger partial charge in [0.25, 0.3) is 6.43 Å². The first kappa shape index (κ1) is 9.88. The van der Waals surface area contributed by atoms with E-state index in [1.165, 1.54) is 4.68 Å². The summed E-state index contributed by atoms with van der Waals surface area (Å²) in [5, 5.41) is 3.74. The fourth-order valence-corrected chi connectivity index (χ4v) is 2.15. The Kier molecular flexibility index (Phi) is 3.03. The summed E-state index contributed by atoms with van der Waals surface area (Å²) in [5.74, 6) is 0. The molecule has 0 fully saturated rings. The number of halogens is 3. The van der Waals surface area contributed by atoms with E-state index in [4.69, 9.17) is 0 Å². The highest BCUT2D eigenvalue weighted by molar-refractivity contribution is 14.1. The Morgan fingerprint density at radius 2 is 2.17 bits per heavy atom. The van der Waals surface area contributed by atoms with Crippen LogP contribution >= 0.6 is 22.6 Å². The van der Waals surface area contributed by atoms with Crippen LogP contribution in [0.4, 0.5) is 8.78 Å². The van der Waals surface area contributed by atoms with Crippen molar-refractivity contribution in [2.45, 2.75) is 19.8 Å². The molecule has 1 aromatic rings. The van der Waals surface area contributed by atoms with Crippen LogP contribution in [-0.2, 0) is 13.5 Å². The highest BCUT2D eigenvalue weighted by atomic mass is 127. The van der Waals surface area contributed by atoms with Gasteiger partial charge in [0.2, 0.25) is 0 Å². The third-order valence-corrected chi connectivity index (χ3v) is 2.84. The van der Waals surface area contributed by atoms with Gasteiger partial charge in [-0.2, -0.15) is 5.10 Å². The molecule has 0 bridgehead atoms. The molecule has 0 radical (unpaired) electrons. The van der Waals surface area contributed by atoms with Gasteiger partial charge in [0.15, 0.2) is 0 Å². The maximum absolute atomic E-state index is 12.3. The zero-order chi connectivity index (χ0) is 9.30. The van der Waals surface area contributed by atoms with E-state index in [1.54, 1.807) is 7.05 Å². The minimum absolute atomic E-state index is 0.102. The predicted molar refractivity (Wildman–Crippen MR) is 50.3 cm³/mol. The van der Waals surface area contributed by atoms with Gasteiger partial charge < -0.3 is 0 Å². The molecule has 1 rings (SSSR count). The third kappa shape index (κ3) is 1.60. The Bertz CT molecular complexity index is 283. The van der Waals surface area contributed by atoms with E-state index in [9.17, 15) is 8.78 Å². The Morgan fingerprint density at radius 1 is 1.58 bits per heavy atom. The first-order valence-corrected chi connectivity index (χ1v) is 4.65. The highest BCUT2D eigenvalue weighted by Crippen LogP contribution is 2.25. The molecule has 0 aliphatic carbocycles. The Morgan fingerprint density at radius 3 is 2.42 bits per heavy atom. The SMILES string of the molecule is CCc1c(I)c(C(F)F)nn1C. The number of aromatic nitrogens is 2. The number of hydrogen-bond donors (Lipinski definition) is 0. The monoisotopic (exact) mass is 286 g/mol. The standard InChI is InChI=1S/C7H9F2IN2/c1-3-4-5(10)6(7(8)9)11-12(4)2/h7H,3H2,1-2H3. The van der Waals surface area contributed by atoms with E-state index in [0.717, 1.165) is 12.1 Å². The van der Waals surface area contributed by atoms with E-state index in [1.807, 2.05) is 29.5 Å². The van der Waals surface area contributed by atoms with Crippen molar-refractivity contribution < 1.29 is 8.78 Å². The van der Waals surface area contributed by atoms with Crippen molar-refractivity contribution in [3.05, 3.63) is 15.0 Å². The topological polar surface area (TPSA) is 17.8 Å². The van der Waals surface area contributed by atoms with Crippen molar-refractivity contribution in [3.8, 4) is 0 Å². The second-order valence-electron chi connectivity index (χ2n) is 2.42. The first-order valence-electron chi connectivity index (χ1n) is 3.57. The Labute approximate surface area is 83.1 Å². The molecule has 0 unspecified atom stereocenters. The lowest BCUT2D eigenvalue weighted by Crippen LogP contribution is -1.96. The predicted octanol–water partition coefficient (Wildman–Crippen LogP) is 2.52. The van der Waals surface area contributed by atoms with Crippen LogP contribution in [-0.4, -0.2) is 9.78 Å². The Hall–Kier alpha value is -0.200. The molecule has 1 heterocycles. The van der Waals surface area contributed by atoms with Gasteiger partial charge in [-0.3, -0.25) is 4.68 Å². The van der Waals surface area contributed by atoms with Crippen LogP contribution in [0, 0.1) is 3.57 Å². The molecule has 0 amide bonds. The lowest BCUT2D eigenvalue weighted by atomic mass is 10.3. The van der Waals surface area contributed by atoms with Gasteiger partial charge in [0.1, 0.15) is 5.69 Å². The summed E-state index contributed by atoms with van der Waals surface area (Å²) in [6, 6.07) is 0. The zero-order valence-electron chi connectivity index (χ0n) is 6.81. The number of aryl methyl sites for hydroxylation is 1. The number of alkyl halides is 2. The summed E-state index contributed by atoms with van der Waals surface area (Å²) < 4.78 is 26.7. The van der Waals surface area contributed by atoms with E-state index in [2.05, 4.69) is 5.10 Å². The summed E-state index contributed by atoms with van der Waals surface area (Å²) in [6.45, 7) is 1.93. The lowest BCUT2D eigenvalue weighted by molar-refractivity contribution is 0.144. The first-order chi connectivity index (χ1) is 5.57. The molecule has 12 heavy (non-hydrogen) atoms. The van der Waals surface area contributed by atoms with Gasteiger partial charge in [-0.05, 0) is 29.0 Å². The van der Waals surface area contributed by atoms with E-state index >= 15 is 0 Å². The zero-order valence-corrected chi connectivity index (χ0v) is 8.97. The van der Waals surface area contributed by atoms with Crippen molar-refractivity contribution in [2.75, 3.05) is 0 Å². The summed E-state index contributed by atoms with van der Waals surface area (Å²) in [5.41, 5.74) is 0.765. The van der Waals surface area contributed by atoms with Gasteiger partial charge in [0.05, 0.1) is 9.26 Å². The minimum atomic E-state index is -2.47. The molecule has 0 aromatic carbocycles. The van der Waals surface area contributed by atoms with Crippen LogP contribution in [0.1, 0.15) is 24.7 Å².